The van der Waals surface area contributed by atoms with Crippen LogP contribution < -0.4 is 0 Å². The molecule has 0 amide bonds. The van der Waals surface area contributed by atoms with Gasteiger partial charge in [0.25, 0.3) is 0 Å². The number of benzene rings is 2. The monoisotopic (exact) mass is 208 g/mol. The van der Waals surface area contributed by atoms with Crippen LogP contribution in [0.4, 0.5) is 0 Å². The quantitative estimate of drug-likeness (QED) is 0.529. The van der Waals surface area contributed by atoms with Crippen molar-refractivity contribution in [2.45, 2.75) is 13.8 Å². The van der Waals surface area contributed by atoms with Crippen LogP contribution in [-0.4, -0.2) is 9.97 Å². The number of hydrogen-bond donors (Lipinski definition) is 0. The van der Waals surface area contributed by atoms with Gasteiger partial charge in [-0.3, -0.25) is 9.97 Å². The first-order valence-electron chi connectivity index (χ1n) is 5.37. The van der Waals surface area contributed by atoms with Gasteiger partial charge in [-0.15, -0.1) is 0 Å². The molecule has 0 saturated heterocycles. The molecule has 1 heterocycles. The van der Waals surface area contributed by atoms with Gasteiger partial charge in [-0.1, -0.05) is 24.3 Å². The zero-order chi connectivity index (χ0) is 11.1. The average molecular weight is 208 g/mol. The van der Waals surface area contributed by atoms with E-state index in [-0.39, 0.29) is 0 Å². The highest BCUT2D eigenvalue weighted by Crippen LogP contribution is 2.28. The van der Waals surface area contributed by atoms with Crippen molar-refractivity contribution in [1.29, 1.82) is 0 Å². The van der Waals surface area contributed by atoms with Crippen LogP contribution >= 0.6 is 0 Å². The Kier molecular flexibility index (Phi) is 1.90. The summed E-state index contributed by atoms with van der Waals surface area (Å²) >= 11 is 0. The van der Waals surface area contributed by atoms with Crippen molar-refractivity contribution in [3.8, 4) is 0 Å². The molecule has 0 fully saturated rings. The summed E-state index contributed by atoms with van der Waals surface area (Å²) in [5.74, 6) is 0. The highest BCUT2D eigenvalue weighted by Gasteiger charge is 2.08. The smallest absolute Gasteiger partial charge is 0.0967 e. The summed E-state index contributed by atoms with van der Waals surface area (Å²) in [6.45, 7) is 4.25. The molecule has 2 nitrogen and oxygen atoms in total. The summed E-state index contributed by atoms with van der Waals surface area (Å²) in [6.07, 6.45) is 3.51. The molecule has 0 N–H and O–H groups in total. The van der Waals surface area contributed by atoms with Crippen LogP contribution in [0.3, 0.4) is 0 Å². The molecular weight excluding hydrogens is 196 g/mol. The zero-order valence-corrected chi connectivity index (χ0v) is 9.36. The SMILES string of the molecule is Cc1c(C)c2nccnc2c2ccccc12. The van der Waals surface area contributed by atoms with Crippen LogP contribution in [0, 0.1) is 13.8 Å². The van der Waals surface area contributed by atoms with Crippen molar-refractivity contribution in [1.82, 2.24) is 9.97 Å². The molecule has 0 saturated carbocycles. The molecule has 0 atom stereocenters. The van der Waals surface area contributed by atoms with Gasteiger partial charge in [0.1, 0.15) is 0 Å². The van der Waals surface area contributed by atoms with Crippen molar-refractivity contribution < 1.29 is 0 Å². The molecule has 3 rings (SSSR count). The zero-order valence-electron chi connectivity index (χ0n) is 9.36. The molecule has 0 spiro atoms. The van der Waals surface area contributed by atoms with Gasteiger partial charge in [0, 0.05) is 17.8 Å². The van der Waals surface area contributed by atoms with Gasteiger partial charge in [-0.05, 0) is 30.4 Å². The van der Waals surface area contributed by atoms with Gasteiger partial charge in [0.15, 0.2) is 0 Å². The summed E-state index contributed by atoms with van der Waals surface area (Å²) in [6, 6.07) is 8.37. The highest BCUT2D eigenvalue weighted by atomic mass is 14.8. The second kappa shape index (κ2) is 3.27. The Hall–Kier alpha value is -1.96. The molecule has 0 aliphatic carbocycles. The molecule has 0 aliphatic heterocycles. The van der Waals surface area contributed by atoms with E-state index < -0.39 is 0 Å². The van der Waals surface area contributed by atoms with Crippen LogP contribution in [0.5, 0.6) is 0 Å². The van der Waals surface area contributed by atoms with Crippen molar-refractivity contribution >= 4 is 21.8 Å². The molecule has 0 unspecified atom stereocenters. The number of rotatable bonds is 0. The molecule has 78 valence electrons. The lowest BCUT2D eigenvalue weighted by Crippen LogP contribution is -1.92. The third-order valence-electron chi connectivity index (χ3n) is 3.20. The van der Waals surface area contributed by atoms with Crippen molar-refractivity contribution in [2.24, 2.45) is 0 Å². The van der Waals surface area contributed by atoms with E-state index in [1.54, 1.807) is 12.4 Å². The third-order valence-corrected chi connectivity index (χ3v) is 3.20. The minimum Gasteiger partial charge on any atom is -0.253 e. The number of nitrogens with zero attached hydrogens (tertiary/aromatic N) is 2. The summed E-state index contributed by atoms with van der Waals surface area (Å²) in [5.41, 5.74) is 4.53. The Morgan fingerprint density at radius 2 is 1.38 bits per heavy atom. The molecular formula is C14H12N2. The highest BCUT2D eigenvalue weighted by molar-refractivity contribution is 6.06. The third kappa shape index (κ3) is 1.13. The lowest BCUT2D eigenvalue weighted by molar-refractivity contribution is 1.27. The van der Waals surface area contributed by atoms with Crippen molar-refractivity contribution in [3.63, 3.8) is 0 Å². The predicted molar refractivity (Wildman–Crippen MR) is 66.5 cm³/mol. The van der Waals surface area contributed by atoms with Gasteiger partial charge in [-0.2, -0.15) is 0 Å². The maximum atomic E-state index is 4.45. The number of aryl methyl sites for hydroxylation is 2. The second-order valence-corrected chi connectivity index (χ2v) is 4.05. The summed E-state index contributed by atoms with van der Waals surface area (Å²) in [7, 11) is 0. The van der Waals surface area contributed by atoms with Gasteiger partial charge in [-0.25, -0.2) is 0 Å². The molecule has 0 aliphatic rings. The molecule has 0 bridgehead atoms. The largest absolute Gasteiger partial charge is 0.253 e. The topological polar surface area (TPSA) is 25.8 Å². The normalized spacial score (nSPS) is 11.1. The Bertz CT molecular complexity index is 626. The molecule has 0 radical (unpaired) electrons. The number of fused-ring (bicyclic) bond motifs is 3. The Morgan fingerprint density at radius 3 is 2.12 bits per heavy atom. The van der Waals surface area contributed by atoms with E-state index in [0.29, 0.717) is 0 Å². The van der Waals surface area contributed by atoms with Crippen LogP contribution in [0.1, 0.15) is 11.1 Å². The van der Waals surface area contributed by atoms with E-state index in [4.69, 9.17) is 0 Å². The van der Waals surface area contributed by atoms with Gasteiger partial charge < -0.3 is 0 Å². The van der Waals surface area contributed by atoms with Gasteiger partial charge in [0.2, 0.25) is 0 Å². The van der Waals surface area contributed by atoms with Crippen LogP contribution in [-0.2, 0) is 0 Å². The van der Waals surface area contributed by atoms with Crippen LogP contribution in [0.15, 0.2) is 36.7 Å². The molecule has 2 aromatic carbocycles. The first kappa shape index (κ1) is 9.28. The first-order valence-corrected chi connectivity index (χ1v) is 5.37. The lowest BCUT2D eigenvalue weighted by Gasteiger charge is -2.09. The summed E-state index contributed by atoms with van der Waals surface area (Å²) < 4.78 is 0. The fourth-order valence-electron chi connectivity index (χ4n) is 2.21. The lowest BCUT2D eigenvalue weighted by atomic mass is 9.98. The second-order valence-electron chi connectivity index (χ2n) is 4.05. The Labute approximate surface area is 94.0 Å². The van der Waals surface area contributed by atoms with E-state index >= 15 is 0 Å². The van der Waals surface area contributed by atoms with Crippen molar-refractivity contribution in [3.05, 3.63) is 47.8 Å². The van der Waals surface area contributed by atoms with Crippen LogP contribution in [0.2, 0.25) is 0 Å². The van der Waals surface area contributed by atoms with E-state index in [1.165, 1.54) is 21.9 Å². The van der Waals surface area contributed by atoms with Gasteiger partial charge in [0.05, 0.1) is 11.0 Å². The first-order chi connectivity index (χ1) is 7.79. The minimum absolute atomic E-state index is 1.00. The van der Waals surface area contributed by atoms with E-state index in [0.717, 1.165) is 11.0 Å². The maximum Gasteiger partial charge on any atom is 0.0967 e. The molecule has 1 aromatic heterocycles. The fourth-order valence-corrected chi connectivity index (χ4v) is 2.21. The van der Waals surface area contributed by atoms with Crippen molar-refractivity contribution in [2.75, 3.05) is 0 Å². The Morgan fingerprint density at radius 1 is 0.750 bits per heavy atom. The van der Waals surface area contributed by atoms with Gasteiger partial charge >= 0.3 is 0 Å². The van der Waals surface area contributed by atoms with Crippen LogP contribution in [0.25, 0.3) is 21.8 Å². The van der Waals surface area contributed by atoms with E-state index in [2.05, 4.69) is 42.0 Å². The number of aromatic nitrogens is 2. The maximum absolute atomic E-state index is 4.45. The van der Waals surface area contributed by atoms with E-state index in [1.807, 2.05) is 6.07 Å². The minimum atomic E-state index is 1.00. The predicted octanol–water partition coefficient (Wildman–Crippen LogP) is 3.40. The Balaban J connectivity index is 2.69. The standard InChI is InChI=1S/C14H12N2/c1-9-10(2)13-14(16-8-7-15-13)12-6-4-3-5-11(9)12/h3-8H,1-2H3. The molecule has 16 heavy (non-hydrogen) atoms. The summed E-state index contributed by atoms with van der Waals surface area (Å²) in [4.78, 5) is 8.88. The summed E-state index contributed by atoms with van der Waals surface area (Å²) in [5, 5.41) is 2.46. The molecule has 3 aromatic rings. The average Bonchev–Trinajstić information content (AvgIpc) is 2.36. The molecule has 2 heteroatoms. The number of hydrogen-bond acceptors (Lipinski definition) is 2. The fraction of sp³-hybridized carbons (Fsp3) is 0.143. The van der Waals surface area contributed by atoms with E-state index in [9.17, 15) is 0 Å².